The zero-order valence-electron chi connectivity index (χ0n) is 18.1. The number of rotatable bonds is 9. The molecule has 0 spiro atoms. The average molecular weight is 419 g/mol. The second kappa shape index (κ2) is 10.3. The van der Waals surface area contributed by atoms with Crippen LogP contribution in [0.25, 0.3) is 10.2 Å². The molecule has 3 heterocycles. The Bertz CT molecular complexity index is 896. The van der Waals surface area contributed by atoms with Gasteiger partial charge in [-0.25, -0.2) is 4.98 Å². The van der Waals surface area contributed by atoms with Gasteiger partial charge < -0.3 is 10.2 Å². The van der Waals surface area contributed by atoms with Gasteiger partial charge in [-0.15, -0.1) is 11.3 Å². The van der Waals surface area contributed by atoms with Gasteiger partial charge in [-0.05, 0) is 64.2 Å². The molecule has 0 unspecified atom stereocenters. The number of nitrogens with one attached hydrogen (secondary N) is 1. The van der Waals surface area contributed by atoms with Crippen LogP contribution in [0.4, 0.5) is 0 Å². The van der Waals surface area contributed by atoms with Crippen molar-refractivity contribution in [2.45, 2.75) is 72.3 Å². The van der Waals surface area contributed by atoms with Crippen molar-refractivity contribution in [3.63, 3.8) is 0 Å². The fourth-order valence-electron chi connectivity index (χ4n) is 4.18. The molecule has 3 rings (SSSR count). The minimum absolute atomic E-state index is 0.0227. The predicted octanol–water partition coefficient (Wildman–Crippen LogP) is 3.73. The summed E-state index contributed by atoms with van der Waals surface area (Å²) in [5.74, 6) is 0.794. The summed E-state index contributed by atoms with van der Waals surface area (Å²) in [7, 11) is 0. The summed E-state index contributed by atoms with van der Waals surface area (Å²) in [6.07, 6.45) is 7.31. The van der Waals surface area contributed by atoms with E-state index in [0.717, 1.165) is 82.5 Å². The topological polar surface area (TPSA) is 67.2 Å². The number of carbonyl (C=O) groups is 1. The van der Waals surface area contributed by atoms with Gasteiger partial charge in [0.1, 0.15) is 10.7 Å². The molecule has 0 atom stereocenters. The van der Waals surface area contributed by atoms with Crippen molar-refractivity contribution >= 4 is 27.5 Å². The molecular formula is C22H34N4O2S. The van der Waals surface area contributed by atoms with E-state index >= 15 is 0 Å². The number of hydrogen-bond acceptors (Lipinski definition) is 5. The minimum Gasteiger partial charge on any atom is -0.351 e. The Morgan fingerprint density at radius 2 is 1.93 bits per heavy atom. The molecule has 2 aromatic rings. The highest BCUT2D eigenvalue weighted by atomic mass is 32.1. The van der Waals surface area contributed by atoms with Crippen LogP contribution in [-0.4, -0.2) is 46.5 Å². The van der Waals surface area contributed by atoms with E-state index in [-0.39, 0.29) is 11.5 Å². The molecule has 0 saturated heterocycles. The van der Waals surface area contributed by atoms with Gasteiger partial charge in [-0.3, -0.25) is 14.2 Å². The van der Waals surface area contributed by atoms with Crippen LogP contribution in [0, 0.1) is 6.92 Å². The highest BCUT2D eigenvalue weighted by Gasteiger charge is 2.22. The molecule has 0 aliphatic carbocycles. The lowest BCUT2D eigenvalue weighted by Gasteiger charge is -2.20. The minimum atomic E-state index is -0.0809. The van der Waals surface area contributed by atoms with Crippen LogP contribution in [0.5, 0.6) is 0 Å². The number of hydrogen-bond donors (Lipinski definition) is 1. The number of fused-ring (bicyclic) bond motifs is 2. The summed E-state index contributed by atoms with van der Waals surface area (Å²) in [6.45, 7) is 10.9. The second-order valence-electron chi connectivity index (χ2n) is 7.98. The molecule has 0 saturated carbocycles. The lowest BCUT2D eigenvalue weighted by Crippen LogP contribution is -2.31. The van der Waals surface area contributed by atoms with Crippen molar-refractivity contribution in [2.24, 2.45) is 0 Å². The molecule has 0 bridgehead atoms. The first kappa shape index (κ1) is 22.0. The van der Waals surface area contributed by atoms with Crippen molar-refractivity contribution in [2.75, 3.05) is 26.2 Å². The summed E-state index contributed by atoms with van der Waals surface area (Å²) in [6, 6.07) is 0. The highest BCUT2D eigenvalue weighted by molar-refractivity contribution is 7.20. The van der Waals surface area contributed by atoms with Gasteiger partial charge in [-0.1, -0.05) is 20.3 Å². The number of aromatic nitrogens is 2. The molecule has 1 aliphatic rings. The van der Waals surface area contributed by atoms with Gasteiger partial charge >= 0.3 is 0 Å². The SMILES string of the molecule is CCCN(CCC)CCCNC(=O)c1sc2nc3n(c(=O)c2c1C)CCCCC3. The van der Waals surface area contributed by atoms with E-state index < -0.39 is 0 Å². The molecule has 1 amide bonds. The zero-order chi connectivity index (χ0) is 20.8. The second-order valence-corrected chi connectivity index (χ2v) is 8.98. The van der Waals surface area contributed by atoms with Crippen molar-refractivity contribution in [1.29, 1.82) is 0 Å². The van der Waals surface area contributed by atoms with E-state index in [0.29, 0.717) is 21.6 Å². The van der Waals surface area contributed by atoms with Crippen LogP contribution >= 0.6 is 11.3 Å². The number of thiophene rings is 1. The van der Waals surface area contributed by atoms with E-state index in [1.165, 1.54) is 11.3 Å². The van der Waals surface area contributed by atoms with Gasteiger partial charge in [0.15, 0.2) is 0 Å². The third-order valence-corrected chi connectivity index (χ3v) is 6.82. The van der Waals surface area contributed by atoms with E-state index in [2.05, 4.69) is 24.1 Å². The van der Waals surface area contributed by atoms with Crippen LogP contribution in [0.3, 0.4) is 0 Å². The number of nitrogens with zero attached hydrogens (tertiary/aromatic N) is 3. The van der Waals surface area contributed by atoms with Crippen molar-refractivity contribution in [1.82, 2.24) is 19.8 Å². The normalized spacial score (nSPS) is 14.2. The molecule has 29 heavy (non-hydrogen) atoms. The maximum Gasteiger partial charge on any atom is 0.262 e. The quantitative estimate of drug-likeness (QED) is 0.630. The molecule has 0 fully saturated rings. The van der Waals surface area contributed by atoms with Crippen LogP contribution in [-0.2, 0) is 13.0 Å². The molecular weight excluding hydrogens is 384 g/mol. The first-order valence-electron chi connectivity index (χ1n) is 11.1. The summed E-state index contributed by atoms with van der Waals surface area (Å²) in [4.78, 5) is 34.4. The van der Waals surface area contributed by atoms with Gasteiger partial charge in [0.2, 0.25) is 0 Å². The fourth-order valence-corrected chi connectivity index (χ4v) is 5.29. The maximum atomic E-state index is 13.0. The zero-order valence-corrected chi connectivity index (χ0v) is 18.9. The lowest BCUT2D eigenvalue weighted by atomic mass is 10.2. The Balaban J connectivity index is 1.70. The number of carbonyl (C=O) groups excluding carboxylic acids is 1. The fraction of sp³-hybridized carbons (Fsp3) is 0.682. The number of aryl methyl sites for hydroxylation is 2. The Kier molecular flexibility index (Phi) is 7.84. The van der Waals surface area contributed by atoms with Gasteiger partial charge in [0.25, 0.3) is 11.5 Å². The monoisotopic (exact) mass is 418 g/mol. The van der Waals surface area contributed by atoms with Crippen molar-refractivity contribution in [3.05, 3.63) is 26.6 Å². The first-order valence-corrected chi connectivity index (χ1v) is 11.9. The van der Waals surface area contributed by atoms with Crippen molar-refractivity contribution in [3.8, 4) is 0 Å². The third-order valence-electron chi connectivity index (χ3n) is 5.63. The molecule has 1 aliphatic heterocycles. The predicted molar refractivity (Wildman–Crippen MR) is 120 cm³/mol. The smallest absolute Gasteiger partial charge is 0.262 e. The number of amides is 1. The van der Waals surface area contributed by atoms with E-state index in [9.17, 15) is 9.59 Å². The molecule has 6 nitrogen and oxygen atoms in total. The summed E-state index contributed by atoms with van der Waals surface area (Å²) in [5.41, 5.74) is 0.799. The molecule has 0 radical (unpaired) electrons. The van der Waals surface area contributed by atoms with E-state index in [1.54, 1.807) is 0 Å². The van der Waals surface area contributed by atoms with Crippen LogP contribution < -0.4 is 10.9 Å². The van der Waals surface area contributed by atoms with Crippen LogP contribution in [0.2, 0.25) is 0 Å². The molecule has 160 valence electrons. The molecule has 0 aromatic carbocycles. The van der Waals surface area contributed by atoms with Gasteiger partial charge in [0.05, 0.1) is 10.3 Å². The standard InChI is InChI=1S/C22H34N4O2S/c1-4-12-25(13-5-2)14-9-11-23-20(27)19-16(3)18-21(29-19)24-17-10-7-6-8-15-26(17)22(18)28/h4-15H2,1-3H3,(H,23,27). The molecule has 1 N–H and O–H groups in total. The Hall–Kier alpha value is -1.73. The highest BCUT2D eigenvalue weighted by Crippen LogP contribution is 2.28. The Labute approximate surface area is 177 Å². The summed E-state index contributed by atoms with van der Waals surface area (Å²) < 4.78 is 1.83. The van der Waals surface area contributed by atoms with E-state index in [1.807, 2.05) is 11.5 Å². The summed E-state index contributed by atoms with van der Waals surface area (Å²) in [5, 5.41) is 3.68. The summed E-state index contributed by atoms with van der Waals surface area (Å²) >= 11 is 1.36. The maximum absolute atomic E-state index is 13.0. The third kappa shape index (κ3) is 5.07. The van der Waals surface area contributed by atoms with Gasteiger partial charge in [0, 0.05) is 19.5 Å². The molecule has 2 aromatic heterocycles. The largest absolute Gasteiger partial charge is 0.351 e. The Morgan fingerprint density at radius 1 is 1.17 bits per heavy atom. The van der Waals surface area contributed by atoms with Crippen molar-refractivity contribution < 1.29 is 4.79 Å². The molecule has 7 heteroatoms. The van der Waals surface area contributed by atoms with E-state index in [4.69, 9.17) is 4.98 Å². The van der Waals surface area contributed by atoms with Gasteiger partial charge in [-0.2, -0.15) is 0 Å². The first-order chi connectivity index (χ1) is 14.1. The van der Waals surface area contributed by atoms with Crippen LogP contribution in [0.15, 0.2) is 4.79 Å². The lowest BCUT2D eigenvalue weighted by molar-refractivity contribution is 0.0955. The van der Waals surface area contributed by atoms with Crippen LogP contribution in [0.1, 0.15) is 73.4 Å². The average Bonchev–Trinajstić information content (AvgIpc) is 2.87. The Morgan fingerprint density at radius 3 is 2.66 bits per heavy atom.